The number of aromatic nitrogens is 1. The molecule has 0 saturated carbocycles. The molecule has 4 heteroatoms. The Balaban J connectivity index is 2.26. The number of hydrogen-bond donors (Lipinski definition) is 1. The number of anilines is 1. The van der Waals surface area contributed by atoms with Crippen LogP contribution >= 0.6 is 11.3 Å². The molecular formula is C17H23FN2S. The van der Waals surface area contributed by atoms with Crippen LogP contribution in [0.15, 0.2) is 18.2 Å². The van der Waals surface area contributed by atoms with Crippen LogP contribution in [0.3, 0.4) is 0 Å². The standard InChI is InChI=1S/C17H23FN2S/c1-10-7-8-13(18)14(9-10)19-11(2)15-12(3)20-16(21-15)17(4,5)6/h7-9,11,19H,1-6H3. The molecule has 0 aliphatic heterocycles. The zero-order valence-corrected chi connectivity index (χ0v) is 14.4. The molecule has 0 fully saturated rings. The van der Waals surface area contributed by atoms with Crippen LogP contribution in [-0.2, 0) is 5.41 Å². The van der Waals surface area contributed by atoms with Crippen LogP contribution in [0.1, 0.15) is 54.9 Å². The predicted octanol–water partition coefficient (Wildman–Crippen LogP) is 5.37. The Morgan fingerprint density at radius 3 is 2.48 bits per heavy atom. The zero-order valence-electron chi connectivity index (χ0n) is 13.5. The SMILES string of the molecule is Cc1ccc(F)c(NC(C)c2sc(C(C)(C)C)nc2C)c1. The average molecular weight is 306 g/mol. The fourth-order valence-electron chi connectivity index (χ4n) is 2.18. The molecule has 0 aliphatic rings. The van der Waals surface area contributed by atoms with Gasteiger partial charge in [-0.1, -0.05) is 26.8 Å². The van der Waals surface area contributed by atoms with Gasteiger partial charge >= 0.3 is 0 Å². The van der Waals surface area contributed by atoms with E-state index in [0.29, 0.717) is 5.69 Å². The summed E-state index contributed by atoms with van der Waals surface area (Å²) in [6, 6.07) is 5.16. The molecule has 0 bridgehead atoms. The Hall–Kier alpha value is -1.42. The fraction of sp³-hybridized carbons (Fsp3) is 0.471. The second kappa shape index (κ2) is 5.76. The number of benzene rings is 1. The molecule has 1 aromatic heterocycles. The zero-order chi connectivity index (χ0) is 15.8. The summed E-state index contributed by atoms with van der Waals surface area (Å²) in [7, 11) is 0. The molecule has 1 aromatic carbocycles. The molecule has 1 atom stereocenters. The van der Waals surface area contributed by atoms with Gasteiger partial charge in [0.1, 0.15) is 5.82 Å². The number of hydrogen-bond acceptors (Lipinski definition) is 3. The Labute approximate surface area is 130 Å². The third-order valence-corrected chi connectivity index (χ3v) is 5.13. The smallest absolute Gasteiger partial charge is 0.146 e. The maximum atomic E-state index is 13.9. The lowest BCUT2D eigenvalue weighted by atomic mass is 9.98. The minimum atomic E-state index is -0.217. The molecule has 0 radical (unpaired) electrons. The number of halogens is 1. The summed E-state index contributed by atoms with van der Waals surface area (Å²) in [5.74, 6) is -0.217. The van der Waals surface area contributed by atoms with E-state index in [2.05, 4.69) is 38.0 Å². The normalized spacial score (nSPS) is 13.3. The van der Waals surface area contributed by atoms with Gasteiger partial charge < -0.3 is 5.32 Å². The van der Waals surface area contributed by atoms with E-state index in [-0.39, 0.29) is 17.3 Å². The molecule has 1 N–H and O–H groups in total. The van der Waals surface area contributed by atoms with Gasteiger partial charge in [0.05, 0.1) is 22.4 Å². The molecule has 2 aromatic rings. The molecule has 21 heavy (non-hydrogen) atoms. The third-order valence-electron chi connectivity index (χ3n) is 3.36. The van der Waals surface area contributed by atoms with Crippen molar-refractivity contribution < 1.29 is 4.39 Å². The summed E-state index contributed by atoms with van der Waals surface area (Å²) in [5.41, 5.74) is 2.66. The highest BCUT2D eigenvalue weighted by atomic mass is 32.1. The van der Waals surface area contributed by atoms with Crippen LogP contribution < -0.4 is 5.32 Å². The lowest BCUT2D eigenvalue weighted by Gasteiger charge is -2.16. The Kier molecular flexibility index (Phi) is 4.38. The summed E-state index contributed by atoms with van der Waals surface area (Å²) in [4.78, 5) is 5.84. The lowest BCUT2D eigenvalue weighted by Crippen LogP contribution is -2.10. The molecule has 1 heterocycles. The molecular weight excluding hydrogens is 283 g/mol. The quantitative estimate of drug-likeness (QED) is 0.824. The third kappa shape index (κ3) is 3.62. The van der Waals surface area contributed by atoms with E-state index in [4.69, 9.17) is 0 Å². The molecule has 0 amide bonds. The van der Waals surface area contributed by atoms with E-state index in [9.17, 15) is 4.39 Å². The van der Waals surface area contributed by atoms with Crippen LogP contribution in [0, 0.1) is 19.7 Å². The summed E-state index contributed by atoms with van der Waals surface area (Å²) in [6.07, 6.45) is 0. The number of rotatable bonds is 3. The number of thiazole rings is 1. The maximum absolute atomic E-state index is 13.9. The minimum Gasteiger partial charge on any atom is -0.375 e. The molecule has 1 unspecified atom stereocenters. The van der Waals surface area contributed by atoms with Crippen molar-refractivity contribution >= 4 is 17.0 Å². The van der Waals surface area contributed by atoms with Gasteiger partial charge in [-0.25, -0.2) is 9.37 Å². The van der Waals surface area contributed by atoms with Crippen molar-refractivity contribution in [1.82, 2.24) is 4.98 Å². The first-order chi connectivity index (χ1) is 9.68. The van der Waals surface area contributed by atoms with Gasteiger partial charge in [0, 0.05) is 10.3 Å². The van der Waals surface area contributed by atoms with Gasteiger partial charge in [-0.3, -0.25) is 0 Å². The summed E-state index contributed by atoms with van der Waals surface area (Å²) < 4.78 is 13.9. The van der Waals surface area contributed by atoms with Crippen molar-refractivity contribution in [2.45, 2.75) is 53.0 Å². The molecule has 0 spiro atoms. The van der Waals surface area contributed by atoms with Crippen LogP contribution in [0.2, 0.25) is 0 Å². The highest BCUT2D eigenvalue weighted by molar-refractivity contribution is 7.12. The number of nitrogens with one attached hydrogen (secondary N) is 1. The van der Waals surface area contributed by atoms with Gasteiger partial charge in [-0.2, -0.15) is 0 Å². The molecule has 2 rings (SSSR count). The Bertz CT molecular complexity index is 641. The predicted molar refractivity (Wildman–Crippen MR) is 88.7 cm³/mol. The first kappa shape index (κ1) is 16.0. The topological polar surface area (TPSA) is 24.9 Å². The lowest BCUT2D eigenvalue weighted by molar-refractivity contribution is 0.584. The van der Waals surface area contributed by atoms with Crippen LogP contribution in [0.5, 0.6) is 0 Å². The van der Waals surface area contributed by atoms with Gasteiger partial charge in [-0.05, 0) is 38.5 Å². The van der Waals surface area contributed by atoms with Crippen LogP contribution in [-0.4, -0.2) is 4.98 Å². The minimum absolute atomic E-state index is 0.0369. The molecule has 114 valence electrons. The highest BCUT2D eigenvalue weighted by Gasteiger charge is 2.22. The molecule has 0 aliphatic carbocycles. The first-order valence-electron chi connectivity index (χ1n) is 7.19. The van der Waals surface area contributed by atoms with E-state index >= 15 is 0 Å². The van der Waals surface area contributed by atoms with Gasteiger partial charge in [0.2, 0.25) is 0 Å². The van der Waals surface area contributed by atoms with Crippen molar-refractivity contribution in [3.05, 3.63) is 45.2 Å². The van der Waals surface area contributed by atoms with Gasteiger partial charge in [0.25, 0.3) is 0 Å². The monoisotopic (exact) mass is 306 g/mol. The summed E-state index contributed by atoms with van der Waals surface area (Å²) in [5, 5.41) is 4.39. The largest absolute Gasteiger partial charge is 0.375 e. The van der Waals surface area contributed by atoms with Crippen molar-refractivity contribution in [3.8, 4) is 0 Å². The highest BCUT2D eigenvalue weighted by Crippen LogP contribution is 2.34. The van der Waals surface area contributed by atoms with E-state index in [1.165, 1.54) is 10.9 Å². The van der Waals surface area contributed by atoms with Crippen LogP contribution in [0.25, 0.3) is 0 Å². The van der Waals surface area contributed by atoms with Crippen molar-refractivity contribution in [1.29, 1.82) is 0 Å². The number of aryl methyl sites for hydroxylation is 2. The molecule has 0 saturated heterocycles. The van der Waals surface area contributed by atoms with E-state index in [0.717, 1.165) is 16.3 Å². The van der Waals surface area contributed by atoms with E-state index < -0.39 is 0 Å². The Morgan fingerprint density at radius 2 is 1.90 bits per heavy atom. The fourth-order valence-corrected chi connectivity index (χ4v) is 3.31. The van der Waals surface area contributed by atoms with Crippen molar-refractivity contribution in [2.24, 2.45) is 0 Å². The Morgan fingerprint density at radius 1 is 1.24 bits per heavy atom. The van der Waals surface area contributed by atoms with Crippen LogP contribution in [0.4, 0.5) is 10.1 Å². The maximum Gasteiger partial charge on any atom is 0.146 e. The van der Waals surface area contributed by atoms with E-state index in [1.54, 1.807) is 17.4 Å². The van der Waals surface area contributed by atoms with E-state index in [1.807, 2.05) is 19.9 Å². The summed E-state index contributed by atoms with van der Waals surface area (Å²) in [6.45, 7) is 12.5. The molecule has 2 nitrogen and oxygen atoms in total. The van der Waals surface area contributed by atoms with Crippen molar-refractivity contribution in [3.63, 3.8) is 0 Å². The second-order valence-electron chi connectivity index (χ2n) is 6.57. The second-order valence-corrected chi connectivity index (χ2v) is 7.60. The van der Waals surface area contributed by atoms with Crippen molar-refractivity contribution in [2.75, 3.05) is 5.32 Å². The summed E-state index contributed by atoms with van der Waals surface area (Å²) >= 11 is 1.71. The van der Waals surface area contributed by atoms with Gasteiger partial charge in [0.15, 0.2) is 0 Å². The number of nitrogens with zero attached hydrogens (tertiary/aromatic N) is 1. The average Bonchev–Trinajstić information content (AvgIpc) is 2.76. The van der Waals surface area contributed by atoms with Gasteiger partial charge in [-0.15, -0.1) is 11.3 Å². The first-order valence-corrected chi connectivity index (χ1v) is 8.00.